The summed E-state index contributed by atoms with van der Waals surface area (Å²) in [6, 6.07) is 20.4. The zero-order valence-corrected chi connectivity index (χ0v) is 14.8. The second kappa shape index (κ2) is 9.38. The summed E-state index contributed by atoms with van der Waals surface area (Å²) >= 11 is 0. The Labute approximate surface area is 150 Å². The van der Waals surface area contributed by atoms with Gasteiger partial charge in [0.2, 0.25) is 5.91 Å². The molecule has 2 aromatic carbocycles. The number of carbonyl (C=O) groups is 1. The van der Waals surface area contributed by atoms with Gasteiger partial charge in [-0.05, 0) is 36.8 Å². The van der Waals surface area contributed by atoms with E-state index in [-0.39, 0.29) is 12.0 Å². The summed E-state index contributed by atoms with van der Waals surface area (Å²) in [5.74, 6) is 0.210. The van der Waals surface area contributed by atoms with Crippen LogP contribution >= 0.6 is 0 Å². The summed E-state index contributed by atoms with van der Waals surface area (Å²) in [6.45, 7) is 2.15. The number of amides is 1. The van der Waals surface area contributed by atoms with Crippen molar-refractivity contribution in [2.24, 2.45) is 0 Å². The van der Waals surface area contributed by atoms with Crippen LogP contribution in [0.1, 0.15) is 43.2 Å². The van der Waals surface area contributed by atoms with Crippen molar-refractivity contribution < 1.29 is 9.53 Å². The molecule has 1 amide bonds. The molecule has 1 fully saturated rings. The second-order valence-electron chi connectivity index (χ2n) is 6.75. The normalized spacial score (nSPS) is 17.2. The lowest BCUT2D eigenvalue weighted by Gasteiger charge is -2.26. The third kappa shape index (κ3) is 5.71. The standard InChI is InChI=1S/C22H27NO2/c24-22(15-14-21-13-7-8-16-25-21)23(17-19-9-3-1-4-10-19)18-20-11-5-2-6-12-20/h1-6,9-12,21H,7-8,13-18H2. The van der Waals surface area contributed by atoms with Gasteiger partial charge in [0.15, 0.2) is 0 Å². The predicted molar refractivity (Wildman–Crippen MR) is 100.0 cm³/mol. The first-order valence-corrected chi connectivity index (χ1v) is 9.28. The van der Waals surface area contributed by atoms with Crippen molar-refractivity contribution >= 4 is 5.91 Å². The molecule has 2 aromatic rings. The summed E-state index contributed by atoms with van der Waals surface area (Å²) in [4.78, 5) is 14.8. The zero-order valence-electron chi connectivity index (χ0n) is 14.8. The lowest BCUT2D eigenvalue weighted by atomic mass is 10.0. The Morgan fingerprint density at radius 2 is 1.52 bits per heavy atom. The van der Waals surface area contributed by atoms with Crippen molar-refractivity contribution in [3.05, 3.63) is 71.8 Å². The molecule has 3 rings (SSSR count). The van der Waals surface area contributed by atoms with Crippen LogP contribution in [0.5, 0.6) is 0 Å². The average molecular weight is 337 g/mol. The van der Waals surface area contributed by atoms with E-state index in [0.717, 1.165) is 25.9 Å². The van der Waals surface area contributed by atoms with Crippen molar-refractivity contribution in [1.82, 2.24) is 4.90 Å². The molecular weight excluding hydrogens is 310 g/mol. The molecule has 25 heavy (non-hydrogen) atoms. The minimum atomic E-state index is 0.210. The van der Waals surface area contributed by atoms with Gasteiger partial charge in [0.1, 0.15) is 0 Å². The summed E-state index contributed by atoms with van der Waals surface area (Å²) in [7, 11) is 0. The maximum atomic E-state index is 12.9. The highest BCUT2D eigenvalue weighted by molar-refractivity contribution is 5.76. The number of ether oxygens (including phenoxy) is 1. The fourth-order valence-electron chi connectivity index (χ4n) is 3.32. The van der Waals surface area contributed by atoms with Gasteiger partial charge in [-0.15, -0.1) is 0 Å². The first-order chi connectivity index (χ1) is 12.3. The number of hydrogen-bond acceptors (Lipinski definition) is 2. The van der Waals surface area contributed by atoms with Gasteiger partial charge in [0, 0.05) is 26.1 Å². The highest BCUT2D eigenvalue weighted by atomic mass is 16.5. The van der Waals surface area contributed by atoms with Gasteiger partial charge in [-0.1, -0.05) is 60.7 Å². The molecule has 1 aliphatic rings. The van der Waals surface area contributed by atoms with E-state index >= 15 is 0 Å². The molecule has 1 heterocycles. The molecule has 3 nitrogen and oxygen atoms in total. The van der Waals surface area contributed by atoms with E-state index in [0.29, 0.717) is 19.5 Å². The zero-order chi connectivity index (χ0) is 17.3. The molecule has 3 heteroatoms. The largest absolute Gasteiger partial charge is 0.378 e. The molecule has 0 aliphatic carbocycles. The van der Waals surface area contributed by atoms with Gasteiger partial charge in [0.05, 0.1) is 6.10 Å². The lowest BCUT2D eigenvalue weighted by Crippen LogP contribution is -2.31. The fourth-order valence-corrected chi connectivity index (χ4v) is 3.32. The molecule has 0 radical (unpaired) electrons. The first kappa shape index (κ1) is 17.7. The molecule has 1 atom stereocenters. The second-order valence-corrected chi connectivity index (χ2v) is 6.75. The van der Waals surface area contributed by atoms with Crippen LogP contribution < -0.4 is 0 Å². The molecule has 1 unspecified atom stereocenters. The molecule has 0 spiro atoms. The van der Waals surface area contributed by atoms with Gasteiger partial charge >= 0.3 is 0 Å². The quantitative estimate of drug-likeness (QED) is 0.741. The SMILES string of the molecule is O=C(CCC1CCCCO1)N(Cc1ccccc1)Cc1ccccc1. The number of hydrogen-bond donors (Lipinski definition) is 0. The van der Waals surface area contributed by atoms with Crippen LogP contribution in [0, 0.1) is 0 Å². The Balaban J connectivity index is 1.62. The van der Waals surface area contributed by atoms with Gasteiger partial charge < -0.3 is 9.64 Å². The smallest absolute Gasteiger partial charge is 0.223 e. The lowest BCUT2D eigenvalue weighted by molar-refractivity contribution is -0.133. The van der Waals surface area contributed by atoms with Gasteiger partial charge in [-0.3, -0.25) is 4.79 Å². The minimum absolute atomic E-state index is 0.210. The average Bonchev–Trinajstić information content (AvgIpc) is 2.68. The highest BCUT2D eigenvalue weighted by Gasteiger charge is 2.19. The van der Waals surface area contributed by atoms with Crippen molar-refractivity contribution in [3.63, 3.8) is 0 Å². The van der Waals surface area contributed by atoms with E-state index in [1.807, 2.05) is 41.3 Å². The molecule has 1 aliphatic heterocycles. The number of rotatable bonds is 7. The summed E-state index contributed by atoms with van der Waals surface area (Å²) in [6.07, 6.45) is 5.11. The maximum Gasteiger partial charge on any atom is 0.223 e. The van der Waals surface area contributed by atoms with Crippen LogP contribution in [-0.4, -0.2) is 23.5 Å². The van der Waals surface area contributed by atoms with Crippen LogP contribution in [0.2, 0.25) is 0 Å². The Morgan fingerprint density at radius 3 is 2.04 bits per heavy atom. The molecule has 0 N–H and O–H groups in total. The molecular formula is C22H27NO2. The van der Waals surface area contributed by atoms with Crippen LogP contribution in [-0.2, 0) is 22.6 Å². The van der Waals surface area contributed by atoms with Crippen molar-refractivity contribution in [2.45, 2.75) is 51.3 Å². The molecule has 0 aromatic heterocycles. The van der Waals surface area contributed by atoms with E-state index in [4.69, 9.17) is 4.74 Å². The van der Waals surface area contributed by atoms with E-state index < -0.39 is 0 Å². The fraction of sp³-hybridized carbons (Fsp3) is 0.409. The third-order valence-electron chi connectivity index (χ3n) is 4.74. The van der Waals surface area contributed by atoms with Crippen molar-refractivity contribution in [2.75, 3.05) is 6.61 Å². The van der Waals surface area contributed by atoms with Crippen LogP contribution in [0.3, 0.4) is 0 Å². The Hall–Kier alpha value is -2.13. The van der Waals surface area contributed by atoms with E-state index in [1.54, 1.807) is 0 Å². The topological polar surface area (TPSA) is 29.5 Å². The molecule has 0 bridgehead atoms. The maximum absolute atomic E-state index is 12.9. The van der Waals surface area contributed by atoms with Crippen LogP contribution in [0.25, 0.3) is 0 Å². The molecule has 0 saturated carbocycles. The van der Waals surface area contributed by atoms with E-state index in [9.17, 15) is 4.79 Å². The number of benzene rings is 2. The van der Waals surface area contributed by atoms with Gasteiger partial charge in [-0.25, -0.2) is 0 Å². The van der Waals surface area contributed by atoms with Gasteiger partial charge in [0.25, 0.3) is 0 Å². The summed E-state index contributed by atoms with van der Waals surface area (Å²) in [5, 5.41) is 0. The minimum Gasteiger partial charge on any atom is -0.378 e. The first-order valence-electron chi connectivity index (χ1n) is 9.28. The van der Waals surface area contributed by atoms with E-state index in [1.165, 1.54) is 17.5 Å². The Kier molecular flexibility index (Phi) is 6.63. The van der Waals surface area contributed by atoms with Gasteiger partial charge in [-0.2, -0.15) is 0 Å². The molecule has 132 valence electrons. The van der Waals surface area contributed by atoms with Crippen molar-refractivity contribution in [3.8, 4) is 0 Å². The van der Waals surface area contributed by atoms with E-state index in [2.05, 4.69) is 24.3 Å². The Bertz CT molecular complexity index is 594. The number of nitrogens with zero attached hydrogens (tertiary/aromatic N) is 1. The third-order valence-corrected chi connectivity index (χ3v) is 4.74. The van der Waals surface area contributed by atoms with Crippen molar-refractivity contribution in [1.29, 1.82) is 0 Å². The summed E-state index contributed by atoms with van der Waals surface area (Å²) in [5.41, 5.74) is 2.33. The molecule has 1 saturated heterocycles. The number of carbonyl (C=O) groups excluding carboxylic acids is 1. The van der Waals surface area contributed by atoms with Crippen LogP contribution in [0.15, 0.2) is 60.7 Å². The summed E-state index contributed by atoms with van der Waals surface area (Å²) < 4.78 is 5.77. The Morgan fingerprint density at radius 1 is 0.920 bits per heavy atom. The predicted octanol–water partition coefficient (Wildman–Crippen LogP) is 4.56. The highest BCUT2D eigenvalue weighted by Crippen LogP contribution is 2.19. The van der Waals surface area contributed by atoms with Crippen LogP contribution in [0.4, 0.5) is 0 Å². The monoisotopic (exact) mass is 337 g/mol.